The van der Waals surface area contributed by atoms with E-state index >= 15 is 0 Å². The van der Waals surface area contributed by atoms with Crippen LogP contribution in [0.1, 0.15) is 26.2 Å². The standard InChI is InChI=1S/C13H19N5/c1-2-14-11-9-18-8-7-16-13(18)12(17-11)15-6-5-10-3-4-10/h7-10,14H,2-6H2,1H3,(H,15,17). The van der Waals surface area contributed by atoms with E-state index in [0.717, 1.165) is 36.3 Å². The van der Waals surface area contributed by atoms with Gasteiger partial charge in [0.05, 0.1) is 6.20 Å². The molecule has 0 saturated heterocycles. The Hall–Kier alpha value is -1.78. The molecule has 1 aliphatic carbocycles. The summed E-state index contributed by atoms with van der Waals surface area (Å²) in [6.45, 7) is 3.92. The van der Waals surface area contributed by atoms with Gasteiger partial charge in [-0.05, 0) is 19.3 Å². The molecule has 0 aromatic carbocycles. The van der Waals surface area contributed by atoms with E-state index in [1.165, 1.54) is 19.3 Å². The zero-order chi connectivity index (χ0) is 12.4. The summed E-state index contributed by atoms with van der Waals surface area (Å²) < 4.78 is 2.00. The first kappa shape index (κ1) is 11.3. The predicted octanol–water partition coefficient (Wildman–Crippen LogP) is 2.37. The summed E-state index contributed by atoms with van der Waals surface area (Å²) in [5, 5.41) is 6.65. The molecule has 5 nitrogen and oxygen atoms in total. The van der Waals surface area contributed by atoms with Crippen molar-refractivity contribution < 1.29 is 0 Å². The molecule has 0 unspecified atom stereocenters. The van der Waals surface area contributed by atoms with Crippen LogP contribution in [0.4, 0.5) is 11.6 Å². The van der Waals surface area contributed by atoms with Crippen LogP contribution in [0.25, 0.3) is 5.65 Å². The molecule has 0 atom stereocenters. The summed E-state index contributed by atoms with van der Waals surface area (Å²) in [5.74, 6) is 2.70. The molecule has 18 heavy (non-hydrogen) atoms. The van der Waals surface area contributed by atoms with Crippen molar-refractivity contribution in [3.8, 4) is 0 Å². The van der Waals surface area contributed by atoms with Gasteiger partial charge in [-0.1, -0.05) is 12.8 Å². The molecule has 1 fully saturated rings. The highest BCUT2D eigenvalue weighted by molar-refractivity contribution is 5.65. The van der Waals surface area contributed by atoms with Crippen LogP contribution in [-0.4, -0.2) is 27.5 Å². The van der Waals surface area contributed by atoms with E-state index in [0.29, 0.717) is 0 Å². The summed E-state index contributed by atoms with van der Waals surface area (Å²) in [6.07, 6.45) is 9.75. The minimum Gasteiger partial charge on any atom is -0.369 e. The lowest BCUT2D eigenvalue weighted by Gasteiger charge is -2.09. The monoisotopic (exact) mass is 245 g/mol. The van der Waals surface area contributed by atoms with Crippen molar-refractivity contribution in [2.24, 2.45) is 5.92 Å². The van der Waals surface area contributed by atoms with Crippen molar-refractivity contribution in [2.75, 3.05) is 23.7 Å². The van der Waals surface area contributed by atoms with Crippen LogP contribution >= 0.6 is 0 Å². The highest BCUT2D eigenvalue weighted by Crippen LogP contribution is 2.32. The van der Waals surface area contributed by atoms with Crippen LogP contribution in [-0.2, 0) is 0 Å². The molecule has 0 bridgehead atoms. The maximum absolute atomic E-state index is 4.57. The van der Waals surface area contributed by atoms with Gasteiger partial charge >= 0.3 is 0 Å². The zero-order valence-electron chi connectivity index (χ0n) is 10.7. The molecule has 3 rings (SSSR count). The average Bonchev–Trinajstić information content (AvgIpc) is 3.05. The summed E-state index contributed by atoms with van der Waals surface area (Å²) in [6, 6.07) is 0. The second kappa shape index (κ2) is 4.84. The maximum atomic E-state index is 4.57. The normalized spacial score (nSPS) is 14.9. The minimum absolute atomic E-state index is 0.870. The summed E-state index contributed by atoms with van der Waals surface area (Å²) in [5.41, 5.74) is 0.896. The number of hydrogen-bond acceptors (Lipinski definition) is 4. The van der Waals surface area contributed by atoms with E-state index in [1.54, 1.807) is 6.20 Å². The fraction of sp³-hybridized carbons (Fsp3) is 0.538. The van der Waals surface area contributed by atoms with Crippen LogP contribution in [0.15, 0.2) is 18.6 Å². The Morgan fingerprint density at radius 1 is 1.39 bits per heavy atom. The Morgan fingerprint density at radius 2 is 2.28 bits per heavy atom. The largest absolute Gasteiger partial charge is 0.369 e. The number of nitrogens with one attached hydrogen (secondary N) is 2. The van der Waals surface area contributed by atoms with Crippen molar-refractivity contribution in [3.05, 3.63) is 18.6 Å². The van der Waals surface area contributed by atoms with Gasteiger partial charge in [-0.2, -0.15) is 0 Å². The molecular weight excluding hydrogens is 226 g/mol. The first-order valence-corrected chi connectivity index (χ1v) is 6.68. The Balaban J connectivity index is 1.79. The first-order chi connectivity index (χ1) is 8.86. The molecule has 2 aromatic rings. The first-order valence-electron chi connectivity index (χ1n) is 6.68. The molecule has 0 amide bonds. The van der Waals surface area contributed by atoms with Crippen molar-refractivity contribution in [1.29, 1.82) is 0 Å². The average molecular weight is 245 g/mol. The van der Waals surface area contributed by atoms with Crippen LogP contribution in [0.3, 0.4) is 0 Å². The molecule has 5 heteroatoms. The van der Waals surface area contributed by atoms with Crippen LogP contribution in [0.5, 0.6) is 0 Å². The number of aromatic nitrogens is 3. The van der Waals surface area contributed by atoms with E-state index in [2.05, 4.69) is 27.5 Å². The fourth-order valence-electron chi connectivity index (χ4n) is 2.12. The molecule has 0 spiro atoms. The molecular formula is C13H19N5. The summed E-state index contributed by atoms with van der Waals surface area (Å²) in [4.78, 5) is 8.92. The van der Waals surface area contributed by atoms with Gasteiger partial charge in [-0.15, -0.1) is 0 Å². The number of hydrogen-bond donors (Lipinski definition) is 2. The number of fused-ring (bicyclic) bond motifs is 1. The van der Waals surface area contributed by atoms with Crippen molar-refractivity contribution in [3.63, 3.8) is 0 Å². The third kappa shape index (κ3) is 2.39. The fourth-order valence-corrected chi connectivity index (χ4v) is 2.12. The zero-order valence-corrected chi connectivity index (χ0v) is 10.7. The van der Waals surface area contributed by atoms with Gasteiger partial charge < -0.3 is 15.0 Å². The highest BCUT2D eigenvalue weighted by Gasteiger charge is 2.20. The molecule has 1 aliphatic rings. The molecule has 2 aromatic heterocycles. The molecule has 0 aliphatic heterocycles. The Morgan fingerprint density at radius 3 is 3.06 bits per heavy atom. The van der Waals surface area contributed by atoms with Gasteiger partial charge in [0.1, 0.15) is 5.82 Å². The van der Waals surface area contributed by atoms with E-state index in [9.17, 15) is 0 Å². The second-order valence-corrected chi connectivity index (χ2v) is 4.82. The van der Waals surface area contributed by atoms with E-state index in [4.69, 9.17) is 0 Å². The topological polar surface area (TPSA) is 54.2 Å². The van der Waals surface area contributed by atoms with Crippen LogP contribution < -0.4 is 10.6 Å². The SMILES string of the molecule is CCNc1cn2ccnc2c(NCCC2CC2)n1. The van der Waals surface area contributed by atoms with Crippen LogP contribution in [0, 0.1) is 5.92 Å². The highest BCUT2D eigenvalue weighted by atomic mass is 15.1. The molecule has 1 saturated carbocycles. The Kier molecular flexibility index (Phi) is 3.04. The lowest BCUT2D eigenvalue weighted by molar-refractivity contribution is 0.758. The van der Waals surface area contributed by atoms with Crippen molar-refractivity contribution >= 4 is 17.3 Å². The second-order valence-electron chi connectivity index (χ2n) is 4.82. The molecule has 2 N–H and O–H groups in total. The molecule has 96 valence electrons. The Bertz CT molecular complexity index is 529. The van der Waals surface area contributed by atoms with Gasteiger partial charge in [0, 0.05) is 25.5 Å². The van der Waals surface area contributed by atoms with E-state index in [1.807, 2.05) is 16.8 Å². The van der Waals surface area contributed by atoms with E-state index < -0.39 is 0 Å². The summed E-state index contributed by atoms with van der Waals surface area (Å²) in [7, 11) is 0. The quantitative estimate of drug-likeness (QED) is 0.820. The Labute approximate surface area is 107 Å². The number of imidazole rings is 1. The van der Waals surface area contributed by atoms with Gasteiger partial charge in [0.25, 0.3) is 0 Å². The maximum Gasteiger partial charge on any atom is 0.180 e. The number of rotatable bonds is 6. The van der Waals surface area contributed by atoms with Gasteiger partial charge in [0.2, 0.25) is 0 Å². The third-order valence-electron chi connectivity index (χ3n) is 3.27. The van der Waals surface area contributed by atoms with Gasteiger partial charge in [0.15, 0.2) is 11.5 Å². The van der Waals surface area contributed by atoms with Crippen molar-refractivity contribution in [1.82, 2.24) is 14.4 Å². The van der Waals surface area contributed by atoms with Gasteiger partial charge in [-0.3, -0.25) is 0 Å². The lowest BCUT2D eigenvalue weighted by Crippen LogP contribution is -2.09. The minimum atomic E-state index is 0.870. The van der Waals surface area contributed by atoms with Crippen LogP contribution in [0.2, 0.25) is 0 Å². The van der Waals surface area contributed by atoms with E-state index in [-0.39, 0.29) is 0 Å². The summed E-state index contributed by atoms with van der Waals surface area (Å²) >= 11 is 0. The smallest absolute Gasteiger partial charge is 0.180 e. The molecule has 0 radical (unpaired) electrons. The molecule has 2 heterocycles. The number of anilines is 2. The lowest BCUT2D eigenvalue weighted by atomic mass is 10.3. The van der Waals surface area contributed by atoms with Crippen molar-refractivity contribution in [2.45, 2.75) is 26.2 Å². The predicted molar refractivity (Wildman–Crippen MR) is 73.0 cm³/mol. The third-order valence-corrected chi connectivity index (χ3v) is 3.27. The number of nitrogens with zero attached hydrogens (tertiary/aromatic N) is 3. The van der Waals surface area contributed by atoms with Gasteiger partial charge in [-0.25, -0.2) is 9.97 Å².